The average molecular weight is 428 g/mol. The lowest BCUT2D eigenvalue weighted by Gasteiger charge is -2.20. The van der Waals surface area contributed by atoms with Gasteiger partial charge in [-0.25, -0.2) is 19.6 Å². The molecule has 138 valence electrons. The summed E-state index contributed by atoms with van der Waals surface area (Å²) >= 11 is 3.51. The van der Waals surface area contributed by atoms with E-state index in [0.717, 1.165) is 28.2 Å². The second-order valence-electron chi connectivity index (χ2n) is 6.08. The topological polar surface area (TPSA) is 82.7 Å². The molecule has 9 heteroatoms. The highest BCUT2D eigenvalue weighted by atomic mass is 79.9. The van der Waals surface area contributed by atoms with E-state index in [1.54, 1.807) is 18.0 Å². The molecule has 3 aromatic heterocycles. The Labute approximate surface area is 164 Å². The molecule has 0 bridgehead atoms. The van der Waals surface area contributed by atoms with E-state index in [-0.39, 0.29) is 6.04 Å². The molecule has 1 unspecified atom stereocenters. The van der Waals surface area contributed by atoms with Crippen LogP contribution in [0.4, 0.5) is 5.82 Å². The van der Waals surface area contributed by atoms with Gasteiger partial charge in [0, 0.05) is 26.5 Å². The van der Waals surface area contributed by atoms with Gasteiger partial charge in [0.05, 0.1) is 12.5 Å². The quantitative estimate of drug-likeness (QED) is 0.526. The van der Waals surface area contributed by atoms with Crippen molar-refractivity contribution in [2.24, 2.45) is 14.1 Å². The van der Waals surface area contributed by atoms with E-state index in [1.165, 1.54) is 6.33 Å². The van der Waals surface area contributed by atoms with Gasteiger partial charge in [0.25, 0.3) is 0 Å². The summed E-state index contributed by atoms with van der Waals surface area (Å²) < 4.78 is 9.67. The van der Waals surface area contributed by atoms with E-state index in [2.05, 4.69) is 41.3 Å². The van der Waals surface area contributed by atoms with Crippen molar-refractivity contribution in [3.05, 3.63) is 59.0 Å². The maximum atomic E-state index is 5.28. The molecule has 8 nitrogen and oxygen atoms in total. The summed E-state index contributed by atoms with van der Waals surface area (Å²) in [4.78, 5) is 13.3. The van der Waals surface area contributed by atoms with E-state index in [1.807, 2.05) is 49.1 Å². The first-order valence-electron chi connectivity index (χ1n) is 8.29. The highest BCUT2D eigenvalue weighted by Gasteiger charge is 2.22. The summed E-state index contributed by atoms with van der Waals surface area (Å²) in [5.74, 6) is 2.35. The zero-order valence-electron chi connectivity index (χ0n) is 15.1. The minimum atomic E-state index is -0.207. The zero-order chi connectivity index (χ0) is 19.0. The van der Waals surface area contributed by atoms with Crippen LogP contribution in [0.5, 0.6) is 5.75 Å². The number of ether oxygens (including phenoxy) is 1. The lowest BCUT2D eigenvalue weighted by Crippen LogP contribution is -2.17. The maximum absolute atomic E-state index is 5.28. The lowest BCUT2D eigenvalue weighted by molar-refractivity contribution is 0.414. The molecule has 4 aromatic rings. The highest BCUT2D eigenvalue weighted by Crippen LogP contribution is 2.32. The molecule has 0 aliphatic heterocycles. The summed E-state index contributed by atoms with van der Waals surface area (Å²) in [6.45, 7) is 0. The number of anilines is 1. The van der Waals surface area contributed by atoms with Crippen molar-refractivity contribution >= 4 is 32.8 Å². The Morgan fingerprint density at radius 3 is 2.56 bits per heavy atom. The van der Waals surface area contributed by atoms with E-state index >= 15 is 0 Å². The number of imidazole rings is 1. The molecule has 0 radical (unpaired) electrons. The first kappa shape index (κ1) is 17.5. The van der Waals surface area contributed by atoms with Gasteiger partial charge in [-0.15, -0.1) is 0 Å². The number of methoxy groups -OCH3 is 1. The minimum Gasteiger partial charge on any atom is -0.497 e. The van der Waals surface area contributed by atoms with Crippen LogP contribution in [-0.4, -0.2) is 36.4 Å². The van der Waals surface area contributed by atoms with Gasteiger partial charge in [-0.3, -0.25) is 0 Å². The molecule has 0 saturated heterocycles. The third kappa shape index (κ3) is 3.14. The fourth-order valence-electron chi connectivity index (χ4n) is 3.04. The average Bonchev–Trinajstić information content (AvgIpc) is 3.23. The predicted octanol–water partition coefficient (Wildman–Crippen LogP) is 3.07. The Morgan fingerprint density at radius 2 is 1.89 bits per heavy atom. The molecule has 0 aliphatic carbocycles. The third-order valence-corrected chi connectivity index (χ3v) is 4.98. The van der Waals surface area contributed by atoms with Crippen molar-refractivity contribution in [2.45, 2.75) is 6.04 Å². The fraction of sp³-hybridized carbons (Fsp3) is 0.222. The van der Waals surface area contributed by atoms with Crippen molar-refractivity contribution < 1.29 is 4.74 Å². The SMILES string of the molecule is COc1ccc(C(Nc2ncnc3c2c(Br)nn3C)c2nccn2C)cc1. The van der Waals surface area contributed by atoms with Gasteiger partial charge in [-0.05, 0) is 33.6 Å². The first-order chi connectivity index (χ1) is 13.1. The molecule has 0 aliphatic rings. The summed E-state index contributed by atoms with van der Waals surface area (Å²) in [6.07, 6.45) is 5.23. The zero-order valence-corrected chi connectivity index (χ0v) is 16.7. The van der Waals surface area contributed by atoms with Crippen molar-refractivity contribution in [3.63, 3.8) is 0 Å². The molecule has 0 amide bonds. The standard InChI is InChI=1S/C18H18BrN7O/c1-25-9-8-20-18(25)14(11-4-6-12(27-3)7-5-11)23-16-13-15(19)24-26(2)17(13)22-10-21-16/h4-10,14H,1-3H3,(H,21,22,23). The highest BCUT2D eigenvalue weighted by molar-refractivity contribution is 9.10. The van der Waals surface area contributed by atoms with Crippen LogP contribution < -0.4 is 10.1 Å². The lowest BCUT2D eigenvalue weighted by atomic mass is 10.1. The molecule has 3 heterocycles. The molecule has 0 saturated carbocycles. The van der Waals surface area contributed by atoms with Gasteiger partial charge in [0.2, 0.25) is 0 Å². The van der Waals surface area contributed by atoms with Crippen LogP contribution in [0.15, 0.2) is 47.6 Å². The van der Waals surface area contributed by atoms with Crippen molar-refractivity contribution in [1.82, 2.24) is 29.3 Å². The van der Waals surface area contributed by atoms with Crippen LogP contribution >= 0.6 is 15.9 Å². The van der Waals surface area contributed by atoms with E-state index in [0.29, 0.717) is 10.4 Å². The smallest absolute Gasteiger partial charge is 0.164 e. The molecule has 27 heavy (non-hydrogen) atoms. The number of halogens is 1. The predicted molar refractivity (Wildman–Crippen MR) is 106 cm³/mol. The first-order valence-corrected chi connectivity index (χ1v) is 9.08. The Morgan fingerprint density at radius 1 is 1.11 bits per heavy atom. The largest absolute Gasteiger partial charge is 0.497 e. The van der Waals surface area contributed by atoms with Crippen LogP contribution in [-0.2, 0) is 14.1 Å². The summed E-state index contributed by atoms with van der Waals surface area (Å²) in [6, 6.07) is 7.69. The molecule has 4 rings (SSSR count). The number of nitrogens with zero attached hydrogens (tertiary/aromatic N) is 6. The number of hydrogen-bond donors (Lipinski definition) is 1. The van der Waals surface area contributed by atoms with Gasteiger partial charge >= 0.3 is 0 Å². The van der Waals surface area contributed by atoms with Gasteiger partial charge in [0.1, 0.15) is 34.4 Å². The minimum absolute atomic E-state index is 0.207. The van der Waals surface area contributed by atoms with Crippen LogP contribution in [0.3, 0.4) is 0 Å². The number of rotatable bonds is 5. The van der Waals surface area contributed by atoms with E-state index < -0.39 is 0 Å². The van der Waals surface area contributed by atoms with E-state index in [4.69, 9.17) is 4.74 Å². The number of hydrogen-bond acceptors (Lipinski definition) is 6. The van der Waals surface area contributed by atoms with Crippen molar-refractivity contribution in [1.29, 1.82) is 0 Å². The molecular weight excluding hydrogens is 410 g/mol. The molecule has 1 atom stereocenters. The third-order valence-electron chi connectivity index (χ3n) is 4.42. The number of aryl methyl sites for hydroxylation is 2. The van der Waals surface area contributed by atoms with Gasteiger partial charge in [0.15, 0.2) is 5.65 Å². The molecular formula is C18H18BrN7O. The Kier molecular flexibility index (Phi) is 4.53. The molecule has 1 aromatic carbocycles. The second kappa shape index (κ2) is 6.99. The number of nitrogens with one attached hydrogen (secondary N) is 1. The van der Waals surface area contributed by atoms with Crippen LogP contribution in [0.1, 0.15) is 17.4 Å². The summed E-state index contributed by atoms with van der Waals surface area (Å²) in [7, 11) is 5.47. The van der Waals surface area contributed by atoms with Crippen LogP contribution in [0.25, 0.3) is 11.0 Å². The fourth-order valence-corrected chi connectivity index (χ4v) is 3.64. The Balaban J connectivity index is 1.82. The summed E-state index contributed by atoms with van der Waals surface area (Å²) in [5, 5.41) is 8.73. The normalized spacial score (nSPS) is 12.3. The molecule has 1 N–H and O–H groups in total. The number of benzene rings is 1. The summed E-state index contributed by atoms with van der Waals surface area (Å²) in [5.41, 5.74) is 1.78. The van der Waals surface area contributed by atoms with Crippen molar-refractivity contribution in [3.8, 4) is 5.75 Å². The van der Waals surface area contributed by atoms with E-state index in [9.17, 15) is 0 Å². The van der Waals surface area contributed by atoms with Gasteiger partial charge < -0.3 is 14.6 Å². The maximum Gasteiger partial charge on any atom is 0.164 e. The Bertz CT molecular complexity index is 1090. The molecule has 0 spiro atoms. The van der Waals surface area contributed by atoms with Crippen LogP contribution in [0.2, 0.25) is 0 Å². The van der Waals surface area contributed by atoms with Crippen LogP contribution in [0, 0.1) is 0 Å². The second-order valence-corrected chi connectivity index (χ2v) is 6.83. The Hall–Kier alpha value is -2.94. The van der Waals surface area contributed by atoms with Gasteiger partial charge in [-0.1, -0.05) is 12.1 Å². The monoisotopic (exact) mass is 427 g/mol. The van der Waals surface area contributed by atoms with Crippen molar-refractivity contribution in [2.75, 3.05) is 12.4 Å². The molecule has 0 fully saturated rings. The number of fused-ring (bicyclic) bond motifs is 1. The number of aromatic nitrogens is 6. The van der Waals surface area contributed by atoms with Gasteiger partial charge in [-0.2, -0.15) is 5.10 Å².